The number of ether oxygens (including phenoxy) is 2. The van der Waals surface area contributed by atoms with Crippen LogP contribution in [0.4, 0.5) is 0 Å². The Balaban J connectivity index is 1.98. The Morgan fingerprint density at radius 2 is 2.14 bits per heavy atom. The molecule has 0 saturated carbocycles. The lowest BCUT2D eigenvalue weighted by Crippen LogP contribution is -2.54. The minimum Gasteiger partial charge on any atom is -0.497 e. The standard InChI is InChI=1S/C19H23NO2/c1-12-6-5-7-15-17(12)19-10-11-20(3)13(2)14(19)8-9-16(21-4)18(19)22-15/h5-9,13,18H,10-11H2,1-4H3/t13?,18-,19-/m0/s1. The fourth-order valence-corrected chi connectivity index (χ4v) is 4.55. The molecule has 116 valence electrons. The maximum atomic E-state index is 6.39. The Hall–Kier alpha value is -1.74. The van der Waals surface area contributed by atoms with Gasteiger partial charge in [-0.1, -0.05) is 18.2 Å². The van der Waals surface area contributed by atoms with Crippen LogP contribution in [-0.4, -0.2) is 37.7 Å². The van der Waals surface area contributed by atoms with Crippen LogP contribution in [0.3, 0.4) is 0 Å². The maximum absolute atomic E-state index is 6.39. The summed E-state index contributed by atoms with van der Waals surface area (Å²) in [4.78, 5) is 2.43. The van der Waals surface area contributed by atoms with E-state index in [0.717, 1.165) is 24.5 Å². The van der Waals surface area contributed by atoms with Gasteiger partial charge in [-0.3, -0.25) is 4.90 Å². The molecule has 0 N–H and O–H groups in total. The number of likely N-dealkylation sites (tertiary alicyclic amines) is 1. The zero-order valence-electron chi connectivity index (χ0n) is 13.7. The first kappa shape index (κ1) is 13.9. The second-order valence-corrected chi connectivity index (χ2v) is 6.72. The van der Waals surface area contributed by atoms with Gasteiger partial charge in [-0.15, -0.1) is 0 Å². The first-order chi connectivity index (χ1) is 10.6. The number of benzene rings is 1. The summed E-state index contributed by atoms with van der Waals surface area (Å²) in [5.74, 6) is 1.97. The second-order valence-electron chi connectivity index (χ2n) is 6.72. The van der Waals surface area contributed by atoms with Crippen LogP contribution in [0, 0.1) is 6.92 Å². The number of methoxy groups -OCH3 is 1. The molecule has 1 aromatic rings. The van der Waals surface area contributed by atoms with Crippen LogP contribution in [0.15, 0.2) is 41.7 Å². The highest BCUT2D eigenvalue weighted by Crippen LogP contribution is 2.57. The Kier molecular flexibility index (Phi) is 2.92. The average Bonchev–Trinajstić information content (AvgIpc) is 2.86. The van der Waals surface area contributed by atoms with E-state index in [1.165, 1.54) is 16.7 Å². The largest absolute Gasteiger partial charge is 0.497 e. The molecule has 1 saturated heterocycles. The van der Waals surface area contributed by atoms with Crippen LogP contribution in [-0.2, 0) is 10.2 Å². The summed E-state index contributed by atoms with van der Waals surface area (Å²) in [5, 5.41) is 0. The number of likely N-dealkylation sites (N-methyl/N-ethyl adjacent to an activating group) is 1. The van der Waals surface area contributed by atoms with Crippen molar-refractivity contribution in [2.45, 2.75) is 37.8 Å². The van der Waals surface area contributed by atoms with E-state index < -0.39 is 0 Å². The SMILES string of the molecule is COC1=CC=C2C(C)N(C)CC[C@@]23c2c(C)cccc2O[C@@H]13. The van der Waals surface area contributed by atoms with Crippen molar-refractivity contribution in [3.63, 3.8) is 0 Å². The first-order valence-corrected chi connectivity index (χ1v) is 8.03. The topological polar surface area (TPSA) is 21.7 Å². The van der Waals surface area contributed by atoms with E-state index in [9.17, 15) is 0 Å². The highest BCUT2D eigenvalue weighted by Gasteiger charge is 2.58. The van der Waals surface area contributed by atoms with Gasteiger partial charge in [0.1, 0.15) is 11.5 Å². The summed E-state index contributed by atoms with van der Waals surface area (Å²) in [6.07, 6.45) is 5.41. The van der Waals surface area contributed by atoms with Gasteiger partial charge >= 0.3 is 0 Å². The van der Waals surface area contributed by atoms with Crippen LogP contribution < -0.4 is 4.74 Å². The monoisotopic (exact) mass is 297 g/mol. The average molecular weight is 297 g/mol. The zero-order valence-corrected chi connectivity index (χ0v) is 13.7. The predicted octanol–water partition coefficient (Wildman–Crippen LogP) is 3.19. The van der Waals surface area contributed by atoms with E-state index in [1.54, 1.807) is 7.11 Å². The summed E-state index contributed by atoms with van der Waals surface area (Å²) in [5.41, 5.74) is 4.08. The predicted molar refractivity (Wildman–Crippen MR) is 87.2 cm³/mol. The van der Waals surface area contributed by atoms with Crippen LogP contribution >= 0.6 is 0 Å². The van der Waals surface area contributed by atoms with Crippen LogP contribution in [0.2, 0.25) is 0 Å². The number of allylic oxidation sites excluding steroid dienone is 2. The third-order valence-corrected chi connectivity index (χ3v) is 5.78. The fraction of sp³-hybridized carbons (Fsp3) is 0.474. The first-order valence-electron chi connectivity index (χ1n) is 8.03. The van der Waals surface area contributed by atoms with E-state index in [-0.39, 0.29) is 11.5 Å². The molecular formula is C19H23NO2. The van der Waals surface area contributed by atoms with E-state index in [4.69, 9.17) is 9.47 Å². The quantitative estimate of drug-likeness (QED) is 0.794. The summed E-state index contributed by atoms with van der Waals surface area (Å²) in [6.45, 7) is 5.57. The lowest BCUT2D eigenvalue weighted by Gasteiger charge is -2.48. The van der Waals surface area contributed by atoms with Crippen molar-refractivity contribution in [2.24, 2.45) is 0 Å². The number of fused-ring (bicyclic) bond motifs is 1. The molecular weight excluding hydrogens is 274 g/mol. The van der Waals surface area contributed by atoms with Crippen molar-refractivity contribution in [2.75, 3.05) is 20.7 Å². The van der Waals surface area contributed by atoms with Gasteiger partial charge in [0, 0.05) is 11.6 Å². The van der Waals surface area contributed by atoms with Gasteiger partial charge in [0.25, 0.3) is 0 Å². The van der Waals surface area contributed by atoms with Crippen molar-refractivity contribution >= 4 is 0 Å². The van der Waals surface area contributed by atoms with Gasteiger partial charge in [0.2, 0.25) is 0 Å². The number of hydrogen-bond donors (Lipinski definition) is 0. The van der Waals surface area contributed by atoms with E-state index in [0.29, 0.717) is 6.04 Å². The smallest absolute Gasteiger partial charge is 0.169 e. The number of rotatable bonds is 1. The molecule has 1 unspecified atom stereocenters. The fourth-order valence-electron chi connectivity index (χ4n) is 4.55. The lowest BCUT2D eigenvalue weighted by molar-refractivity contribution is 0.0817. The van der Waals surface area contributed by atoms with Gasteiger partial charge in [-0.25, -0.2) is 0 Å². The minimum atomic E-state index is -0.0628. The Morgan fingerprint density at radius 1 is 1.32 bits per heavy atom. The zero-order chi connectivity index (χ0) is 15.5. The van der Waals surface area contributed by atoms with Gasteiger partial charge in [0.15, 0.2) is 6.10 Å². The van der Waals surface area contributed by atoms with Gasteiger partial charge in [-0.05, 0) is 57.1 Å². The molecule has 3 atom stereocenters. The van der Waals surface area contributed by atoms with Crippen LogP contribution in [0.25, 0.3) is 0 Å². The Morgan fingerprint density at radius 3 is 2.91 bits per heavy atom. The van der Waals surface area contributed by atoms with Crippen molar-refractivity contribution in [3.05, 3.63) is 52.8 Å². The van der Waals surface area contributed by atoms with Crippen molar-refractivity contribution < 1.29 is 9.47 Å². The molecule has 1 spiro atoms. The molecule has 0 amide bonds. The molecule has 1 fully saturated rings. The second kappa shape index (κ2) is 4.63. The molecule has 0 aromatic heterocycles. The molecule has 3 aliphatic rings. The number of aryl methyl sites for hydroxylation is 1. The molecule has 1 aromatic carbocycles. The molecule has 2 heterocycles. The highest BCUT2D eigenvalue weighted by molar-refractivity contribution is 5.60. The van der Waals surface area contributed by atoms with E-state index >= 15 is 0 Å². The van der Waals surface area contributed by atoms with E-state index in [1.807, 2.05) is 0 Å². The summed E-state index contributed by atoms with van der Waals surface area (Å²) < 4.78 is 12.0. The molecule has 0 radical (unpaired) electrons. The lowest BCUT2D eigenvalue weighted by atomic mass is 9.61. The van der Waals surface area contributed by atoms with Crippen LogP contribution in [0.1, 0.15) is 24.5 Å². The summed E-state index contributed by atoms with van der Waals surface area (Å²) >= 11 is 0. The molecule has 3 heteroatoms. The molecule has 1 aliphatic carbocycles. The number of piperidine rings is 1. The molecule has 22 heavy (non-hydrogen) atoms. The summed E-state index contributed by atoms with van der Waals surface area (Å²) in [7, 11) is 3.95. The molecule has 3 nitrogen and oxygen atoms in total. The van der Waals surface area contributed by atoms with E-state index in [2.05, 4.69) is 56.1 Å². The Labute approximate surface area is 132 Å². The number of hydrogen-bond acceptors (Lipinski definition) is 3. The normalized spacial score (nSPS) is 33.1. The maximum Gasteiger partial charge on any atom is 0.169 e. The van der Waals surface area contributed by atoms with Gasteiger partial charge in [0.05, 0.1) is 12.5 Å². The van der Waals surface area contributed by atoms with Crippen molar-refractivity contribution in [1.82, 2.24) is 4.90 Å². The minimum absolute atomic E-state index is 0.0234. The van der Waals surface area contributed by atoms with Gasteiger partial charge < -0.3 is 9.47 Å². The van der Waals surface area contributed by atoms with Gasteiger partial charge in [-0.2, -0.15) is 0 Å². The summed E-state index contributed by atoms with van der Waals surface area (Å²) in [6, 6.07) is 6.80. The van der Waals surface area contributed by atoms with Crippen LogP contribution in [0.5, 0.6) is 5.75 Å². The molecule has 0 bridgehead atoms. The third-order valence-electron chi connectivity index (χ3n) is 5.78. The highest BCUT2D eigenvalue weighted by atomic mass is 16.5. The number of nitrogens with zero attached hydrogens (tertiary/aromatic N) is 1. The Bertz CT molecular complexity index is 691. The van der Waals surface area contributed by atoms with Crippen molar-refractivity contribution in [3.8, 4) is 5.75 Å². The molecule has 4 rings (SSSR count). The molecule has 2 aliphatic heterocycles. The van der Waals surface area contributed by atoms with Crippen molar-refractivity contribution in [1.29, 1.82) is 0 Å². The third kappa shape index (κ3) is 1.55.